The van der Waals surface area contributed by atoms with Crippen LogP contribution < -0.4 is 0 Å². The van der Waals surface area contributed by atoms with Crippen LogP contribution in [-0.2, 0) is 6.42 Å². The van der Waals surface area contributed by atoms with Gasteiger partial charge in [-0.15, -0.1) is 0 Å². The molecule has 0 amide bonds. The molecular formula is C17H17ClN2. The first-order valence-corrected chi connectivity index (χ1v) is 7.81. The van der Waals surface area contributed by atoms with Crippen LogP contribution >= 0.6 is 11.6 Å². The summed E-state index contributed by atoms with van der Waals surface area (Å²) >= 11 is 6.23. The first-order chi connectivity index (χ1) is 9.81. The second kappa shape index (κ2) is 4.85. The molecule has 1 aromatic carbocycles. The van der Waals surface area contributed by atoms with Crippen molar-refractivity contribution in [3.8, 4) is 0 Å². The highest BCUT2D eigenvalue weighted by Crippen LogP contribution is 2.40. The lowest BCUT2D eigenvalue weighted by molar-refractivity contribution is 0.630. The highest BCUT2D eigenvalue weighted by atomic mass is 35.5. The van der Waals surface area contributed by atoms with E-state index in [0.29, 0.717) is 17.0 Å². The van der Waals surface area contributed by atoms with E-state index in [1.54, 1.807) is 0 Å². The Morgan fingerprint density at radius 1 is 1.05 bits per heavy atom. The molecule has 3 heteroatoms. The first-order valence-electron chi connectivity index (χ1n) is 7.43. The number of nitrogens with zero attached hydrogens (tertiary/aromatic N) is 2. The van der Waals surface area contributed by atoms with Crippen molar-refractivity contribution in [2.75, 3.05) is 0 Å². The average molecular weight is 285 g/mol. The fraction of sp³-hybridized carbons (Fsp3) is 0.412. The molecule has 1 aromatic heterocycles. The van der Waals surface area contributed by atoms with Crippen molar-refractivity contribution in [3.63, 3.8) is 0 Å². The van der Waals surface area contributed by atoms with Crippen molar-refractivity contribution in [2.45, 2.75) is 43.9 Å². The number of hydrogen-bond donors (Lipinski definition) is 0. The Labute approximate surface area is 124 Å². The number of benzene rings is 1. The van der Waals surface area contributed by atoms with Gasteiger partial charge in [-0.05, 0) is 36.5 Å². The maximum atomic E-state index is 6.23. The molecule has 0 spiro atoms. The van der Waals surface area contributed by atoms with Gasteiger partial charge in [-0.3, -0.25) is 0 Å². The van der Waals surface area contributed by atoms with Gasteiger partial charge in [0.2, 0.25) is 0 Å². The molecule has 0 aliphatic heterocycles. The number of rotatable bonds is 2. The van der Waals surface area contributed by atoms with Crippen LogP contribution in [0.1, 0.15) is 60.2 Å². The third kappa shape index (κ3) is 2.03. The van der Waals surface area contributed by atoms with Crippen molar-refractivity contribution in [1.82, 2.24) is 9.97 Å². The molecule has 2 aromatic rings. The van der Waals surface area contributed by atoms with E-state index in [1.807, 2.05) is 6.07 Å². The van der Waals surface area contributed by atoms with Crippen molar-refractivity contribution in [2.24, 2.45) is 0 Å². The van der Waals surface area contributed by atoms with E-state index < -0.39 is 0 Å². The molecule has 0 N–H and O–H groups in total. The molecule has 102 valence electrons. The lowest BCUT2D eigenvalue weighted by Crippen LogP contribution is -2.21. The smallest absolute Gasteiger partial charge is 0.138 e. The van der Waals surface area contributed by atoms with Crippen LogP contribution in [0.25, 0.3) is 0 Å². The van der Waals surface area contributed by atoms with Gasteiger partial charge in [-0.2, -0.15) is 0 Å². The largest absolute Gasteiger partial charge is 0.237 e. The summed E-state index contributed by atoms with van der Waals surface area (Å²) in [5.41, 5.74) is 3.94. The summed E-state index contributed by atoms with van der Waals surface area (Å²) in [7, 11) is 0. The van der Waals surface area contributed by atoms with Crippen LogP contribution in [0.5, 0.6) is 0 Å². The Morgan fingerprint density at radius 3 is 2.65 bits per heavy atom. The molecule has 1 saturated carbocycles. The summed E-state index contributed by atoms with van der Waals surface area (Å²) in [5, 5.41) is 0.598. The van der Waals surface area contributed by atoms with Gasteiger partial charge < -0.3 is 0 Å². The van der Waals surface area contributed by atoms with Gasteiger partial charge in [0.15, 0.2) is 0 Å². The first kappa shape index (κ1) is 12.3. The second-order valence-electron chi connectivity index (χ2n) is 5.91. The van der Waals surface area contributed by atoms with E-state index in [4.69, 9.17) is 16.6 Å². The van der Waals surface area contributed by atoms with Gasteiger partial charge in [0.25, 0.3) is 0 Å². The van der Waals surface area contributed by atoms with Gasteiger partial charge in [0, 0.05) is 17.5 Å². The van der Waals surface area contributed by atoms with Gasteiger partial charge in [0.05, 0.1) is 0 Å². The van der Waals surface area contributed by atoms with Crippen molar-refractivity contribution >= 4 is 11.6 Å². The number of hydrogen-bond acceptors (Lipinski definition) is 2. The molecular weight excluding hydrogens is 268 g/mol. The Hall–Kier alpha value is -1.41. The Bertz CT molecular complexity index is 647. The summed E-state index contributed by atoms with van der Waals surface area (Å²) in [6.07, 6.45) is 6.16. The highest BCUT2D eigenvalue weighted by Gasteiger charge is 2.30. The summed E-state index contributed by atoms with van der Waals surface area (Å²) < 4.78 is 0. The lowest BCUT2D eigenvalue weighted by atomic mass is 9.77. The van der Waals surface area contributed by atoms with Crippen LogP contribution in [0.2, 0.25) is 5.15 Å². The van der Waals surface area contributed by atoms with E-state index in [-0.39, 0.29) is 0 Å². The molecule has 4 rings (SSSR count). The maximum Gasteiger partial charge on any atom is 0.138 e. The van der Waals surface area contributed by atoms with E-state index in [9.17, 15) is 0 Å². The minimum atomic E-state index is 0.338. The fourth-order valence-corrected chi connectivity index (χ4v) is 3.73. The SMILES string of the molecule is Clc1cc(C2CCCC2)nc(C2Cc3ccccc32)n1. The lowest BCUT2D eigenvalue weighted by Gasteiger charge is -2.29. The monoisotopic (exact) mass is 284 g/mol. The summed E-state index contributed by atoms with van der Waals surface area (Å²) in [6, 6.07) is 10.5. The van der Waals surface area contributed by atoms with Gasteiger partial charge in [-0.1, -0.05) is 48.7 Å². The van der Waals surface area contributed by atoms with Crippen LogP contribution in [0.4, 0.5) is 0 Å². The third-order valence-corrected chi connectivity index (χ3v) is 4.87. The number of fused-ring (bicyclic) bond motifs is 1. The molecule has 20 heavy (non-hydrogen) atoms. The number of aromatic nitrogens is 2. The zero-order valence-corrected chi connectivity index (χ0v) is 12.1. The van der Waals surface area contributed by atoms with Crippen molar-refractivity contribution in [3.05, 3.63) is 58.1 Å². The molecule has 1 fully saturated rings. The van der Waals surface area contributed by atoms with Crippen molar-refractivity contribution in [1.29, 1.82) is 0 Å². The Morgan fingerprint density at radius 2 is 1.85 bits per heavy atom. The summed E-state index contributed by atoms with van der Waals surface area (Å²) in [6.45, 7) is 0. The minimum absolute atomic E-state index is 0.338. The molecule has 2 aliphatic carbocycles. The maximum absolute atomic E-state index is 6.23. The fourth-order valence-electron chi connectivity index (χ4n) is 3.53. The molecule has 0 radical (unpaired) electrons. The Kier molecular flexibility index (Phi) is 2.99. The zero-order valence-electron chi connectivity index (χ0n) is 11.3. The predicted molar refractivity (Wildman–Crippen MR) is 80.2 cm³/mol. The van der Waals surface area contributed by atoms with Crippen LogP contribution in [0.3, 0.4) is 0 Å². The van der Waals surface area contributed by atoms with Crippen LogP contribution in [0, 0.1) is 0 Å². The topological polar surface area (TPSA) is 25.8 Å². The van der Waals surface area contributed by atoms with E-state index >= 15 is 0 Å². The van der Waals surface area contributed by atoms with E-state index in [0.717, 1.165) is 17.9 Å². The molecule has 1 atom stereocenters. The normalized spacial score (nSPS) is 21.6. The number of halogens is 1. The highest BCUT2D eigenvalue weighted by molar-refractivity contribution is 6.29. The molecule has 1 unspecified atom stereocenters. The minimum Gasteiger partial charge on any atom is -0.237 e. The third-order valence-electron chi connectivity index (χ3n) is 4.67. The Balaban J connectivity index is 1.69. The molecule has 2 nitrogen and oxygen atoms in total. The average Bonchev–Trinajstić information content (AvgIpc) is 2.93. The van der Waals surface area contributed by atoms with Gasteiger partial charge in [0.1, 0.15) is 11.0 Å². The molecule has 1 heterocycles. The second-order valence-corrected chi connectivity index (χ2v) is 6.30. The quantitative estimate of drug-likeness (QED) is 0.760. The van der Waals surface area contributed by atoms with E-state index in [2.05, 4.69) is 29.2 Å². The standard InChI is InChI=1S/C17H17ClN2/c18-16-10-15(11-5-1-2-6-11)19-17(20-16)14-9-12-7-3-4-8-13(12)14/h3-4,7-8,10-11,14H,1-2,5-6,9H2. The van der Waals surface area contributed by atoms with E-state index in [1.165, 1.54) is 36.8 Å². The summed E-state index contributed by atoms with van der Waals surface area (Å²) in [5.74, 6) is 1.84. The van der Waals surface area contributed by atoms with Gasteiger partial charge in [-0.25, -0.2) is 9.97 Å². The van der Waals surface area contributed by atoms with Crippen LogP contribution in [0.15, 0.2) is 30.3 Å². The molecule has 0 saturated heterocycles. The molecule has 2 aliphatic rings. The molecule has 0 bridgehead atoms. The van der Waals surface area contributed by atoms with Crippen molar-refractivity contribution < 1.29 is 0 Å². The van der Waals surface area contributed by atoms with Gasteiger partial charge >= 0.3 is 0 Å². The predicted octanol–water partition coefficient (Wildman–Crippen LogP) is 4.48. The summed E-state index contributed by atoms with van der Waals surface area (Å²) in [4.78, 5) is 9.32. The van der Waals surface area contributed by atoms with Crippen LogP contribution in [-0.4, -0.2) is 9.97 Å². The zero-order chi connectivity index (χ0) is 13.5.